The van der Waals surface area contributed by atoms with Crippen molar-refractivity contribution in [2.75, 3.05) is 6.26 Å². The monoisotopic (exact) mass is 450 g/mol. The van der Waals surface area contributed by atoms with E-state index in [1.54, 1.807) is 36.4 Å². The van der Waals surface area contributed by atoms with Gasteiger partial charge in [-0.05, 0) is 42.0 Å². The summed E-state index contributed by atoms with van der Waals surface area (Å²) >= 11 is 12.0. The van der Waals surface area contributed by atoms with Crippen LogP contribution < -0.4 is 10.1 Å². The molecule has 0 bridgehead atoms. The lowest BCUT2D eigenvalue weighted by Crippen LogP contribution is -2.23. The summed E-state index contributed by atoms with van der Waals surface area (Å²) in [4.78, 5) is 16.6. The lowest BCUT2D eigenvalue weighted by atomic mass is 10.2. The average molecular weight is 451 g/mol. The number of halogens is 2. The molecule has 1 N–H and O–H groups in total. The largest absolute Gasteiger partial charge is 0.439 e. The van der Waals surface area contributed by atoms with Gasteiger partial charge >= 0.3 is 0 Å². The van der Waals surface area contributed by atoms with E-state index in [1.165, 1.54) is 24.4 Å². The zero-order valence-corrected chi connectivity index (χ0v) is 17.6. The Bertz CT molecular complexity index is 1170. The first-order valence-corrected chi connectivity index (χ1v) is 11.0. The molecular formula is C20H16Cl2N2O4S. The van der Waals surface area contributed by atoms with Crippen molar-refractivity contribution < 1.29 is 17.9 Å². The molecule has 3 rings (SSSR count). The SMILES string of the molecule is CS(=O)(=O)c1cccc(Oc2cc(C(=O)NCc3ccc(Cl)cc3Cl)ccn2)c1. The smallest absolute Gasteiger partial charge is 0.251 e. The van der Waals surface area contributed by atoms with Crippen LogP contribution in [0.2, 0.25) is 10.0 Å². The summed E-state index contributed by atoms with van der Waals surface area (Å²) in [5, 5.41) is 3.74. The molecule has 150 valence electrons. The highest BCUT2D eigenvalue weighted by atomic mass is 35.5. The maximum absolute atomic E-state index is 12.4. The van der Waals surface area contributed by atoms with Crippen LogP contribution in [-0.4, -0.2) is 25.6 Å². The number of rotatable bonds is 6. The second-order valence-corrected chi connectivity index (χ2v) is 9.01. The number of ether oxygens (including phenoxy) is 1. The molecule has 1 aromatic heterocycles. The van der Waals surface area contributed by atoms with Crippen molar-refractivity contribution in [3.8, 4) is 11.6 Å². The molecule has 0 spiro atoms. The molecule has 0 aliphatic carbocycles. The summed E-state index contributed by atoms with van der Waals surface area (Å²) in [5.74, 6) is 0.118. The average Bonchev–Trinajstić information content (AvgIpc) is 2.67. The summed E-state index contributed by atoms with van der Waals surface area (Å²) in [6.45, 7) is 0.226. The molecule has 3 aromatic rings. The molecule has 29 heavy (non-hydrogen) atoms. The van der Waals surface area contributed by atoms with E-state index in [-0.39, 0.29) is 23.2 Å². The molecule has 6 nitrogen and oxygen atoms in total. The Hall–Kier alpha value is -2.61. The Labute approximate surface area is 178 Å². The zero-order valence-electron chi connectivity index (χ0n) is 15.2. The molecule has 1 heterocycles. The molecule has 0 radical (unpaired) electrons. The van der Waals surface area contributed by atoms with E-state index in [1.807, 2.05) is 0 Å². The molecule has 1 amide bonds. The molecule has 9 heteroatoms. The van der Waals surface area contributed by atoms with Crippen molar-refractivity contribution in [3.63, 3.8) is 0 Å². The van der Waals surface area contributed by atoms with Crippen LogP contribution in [0.1, 0.15) is 15.9 Å². The predicted molar refractivity (Wildman–Crippen MR) is 111 cm³/mol. The van der Waals surface area contributed by atoms with Crippen molar-refractivity contribution in [2.45, 2.75) is 11.4 Å². The fraction of sp³-hybridized carbons (Fsp3) is 0.100. The number of hydrogen-bond donors (Lipinski definition) is 1. The Morgan fingerprint density at radius 2 is 1.90 bits per heavy atom. The molecule has 2 aromatic carbocycles. The summed E-state index contributed by atoms with van der Waals surface area (Å²) in [6, 6.07) is 14.1. The van der Waals surface area contributed by atoms with Gasteiger partial charge in [-0.2, -0.15) is 0 Å². The quantitative estimate of drug-likeness (QED) is 0.596. The fourth-order valence-electron chi connectivity index (χ4n) is 2.44. The third kappa shape index (κ3) is 5.69. The highest BCUT2D eigenvalue weighted by Gasteiger charge is 2.11. The van der Waals surface area contributed by atoms with Crippen LogP contribution in [0, 0.1) is 0 Å². The van der Waals surface area contributed by atoms with Gasteiger partial charge in [-0.3, -0.25) is 4.79 Å². The Kier molecular flexibility index (Phi) is 6.42. The minimum atomic E-state index is -3.36. The van der Waals surface area contributed by atoms with Crippen LogP contribution in [0.5, 0.6) is 11.6 Å². The summed E-state index contributed by atoms with van der Waals surface area (Å²) in [6.07, 6.45) is 2.54. The van der Waals surface area contributed by atoms with Gasteiger partial charge in [0, 0.05) is 40.7 Å². The zero-order chi connectivity index (χ0) is 21.0. The molecule has 0 fully saturated rings. The lowest BCUT2D eigenvalue weighted by molar-refractivity contribution is 0.0950. The van der Waals surface area contributed by atoms with Crippen molar-refractivity contribution in [2.24, 2.45) is 0 Å². The third-order valence-electron chi connectivity index (χ3n) is 3.91. The van der Waals surface area contributed by atoms with Crippen molar-refractivity contribution in [3.05, 3.63) is 82.0 Å². The van der Waals surface area contributed by atoms with Crippen molar-refractivity contribution in [1.82, 2.24) is 10.3 Å². The molecule has 0 saturated heterocycles. The van der Waals surface area contributed by atoms with Gasteiger partial charge < -0.3 is 10.1 Å². The van der Waals surface area contributed by atoms with Crippen molar-refractivity contribution >= 4 is 38.9 Å². The minimum Gasteiger partial charge on any atom is -0.439 e. The van der Waals surface area contributed by atoms with Gasteiger partial charge in [-0.25, -0.2) is 13.4 Å². The van der Waals surface area contributed by atoms with Crippen molar-refractivity contribution in [1.29, 1.82) is 0 Å². The first-order valence-electron chi connectivity index (χ1n) is 8.38. The van der Waals surface area contributed by atoms with Crippen LogP contribution in [-0.2, 0) is 16.4 Å². The van der Waals surface area contributed by atoms with Crippen LogP contribution in [0.25, 0.3) is 0 Å². The van der Waals surface area contributed by atoms with Crippen LogP contribution in [0.15, 0.2) is 65.7 Å². The van der Waals surface area contributed by atoms with Gasteiger partial charge in [0.2, 0.25) is 5.88 Å². The number of nitrogens with zero attached hydrogens (tertiary/aromatic N) is 1. The van der Waals surface area contributed by atoms with Gasteiger partial charge in [0.1, 0.15) is 5.75 Å². The lowest BCUT2D eigenvalue weighted by Gasteiger charge is -2.09. The molecule has 0 unspecified atom stereocenters. The standard InChI is InChI=1S/C20H16Cl2N2O4S/c1-29(26,27)17-4-2-3-16(11-17)28-19-9-13(7-8-23-19)20(25)24-12-14-5-6-15(21)10-18(14)22/h2-11H,12H2,1H3,(H,24,25). The Morgan fingerprint density at radius 1 is 1.10 bits per heavy atom. The van der Waals surface area contributed by atoms with E-state index in [4.69, 9.17) is 27.9 Å². The second kappa shape index (κ2) is 8.82. The number of carbonyl (C=O) groups excluding carboxylic acids is 1. The normalized spacial score (nSPS) is 11.1. The van der Waals surface area contributed by atoms with Gasteiger partial charge in [0.05, 0.1) is 4.90 Å². The predicted octanol–water partition coefficient (Wildman–Crippen LogP) is 4.51. The number of carbonyl (C=O) groups is 1. The summed E-state index contributed by atoms with van der Waals surface area (Å²) < 4.78 is 29.0. The van der Waals surface area contributed by atoms with E-state index >= 15 is 0 Å². The van der Waals surface area contributed by atoms with Gasteiger partial charge in [-0.15, -0.1) is 0 Å². The van der Waals surface area contributed by atoms with Gasteiger partial charge in [0.25, 0.3) is 5.91 Å². The van der Waals surface area contributed by atoms with E-state index in [9.17, 15) is 13.2 Å². The molecule has 0 atom stereocenters. The highest BCUT2D eigenvalue weighted by Crippen LogP contribution is 2.24. The summed E-state index contributed by atoms with van der Waals surface area (Å²) in [5.41, 5.74) is 1.06. The number of sulfone groups is 1. The minimum absolute atomic E-state index is 0.128. The van der Waals surface area contributed by atoms with E-state index < -0.39 is 9.84 Å². The van der Waals surface area contributed by atoms with E-state index in [0.717, 1.165) is 11.8 Å². The number of nitrogens with one attached hydrogen (secondary N) is 1. The van der Waals surface area contributed by atoms with E-state index in [2.05, 4.69) is 10.3 Å². The van der Waals surface area contributed by atoms with Gasteiger partial charge in [-0.1, -0.05) is 35.3 Å². The molecular weight excluding hydrogens is 435 g/mol. The topological polar surface area (TPSA) is 85.4 Å². The van der Waals surface area contributed by atoms with E-state index in [0.29, 0.717) is 21.4 Å². The number of amides is 1. The van der Waals surface area contributed by atoms with Gasteiger partial charge in [0.15, 0.2) is 9.84 Å². The fourth-order valence-corrected chi connectivity index (χ4v) is 3.57. The number of pyridine rings is 1. The van der Waals surface area contributed by atoms with Crippen LogP contribution in [0.3, 0.4) is 0 Å². The van der Waals surface area contributed by atoms with Crippen LogP contribution in [0.4, 0.5) is 0 Å². The first-order chi connectivity index (χ1) is 13.7. The number of benzene rings is 2. The number of hydrogen-bond acceptors (Lipinski definition) is 5. The highest BCUT2D eigenvalue weighted by molar-refractivity contribution is 7.90. The summed E-state index contributed by atoms with van der Waals surface area (Å²) in [7, 11) is -3.36. The molecule has 0 saturated carbocycles. The third-order valence-corrected chi connectivity index (χ3v) is 5.60. The molecule has 0 aliphatic rings. The number of aromatic nitrogens is 1. The van der Waals surface area contributed by atoms with Crippen LogP contribution >= 0.6 is 23.2 Å². The first kappa shape index (κ1) is 21.1. The molecule has 0 aliphatic heterocycles. The Morgan fingerprint density at radius 3 is 2.62 bits per heavy atom. The maximum Gasteiger partial charge on any atom is 0.251 e. The maximum atomic E-state index is 12.4. The Balaban J connectivity index is 1.71. The second-order valence-electron chi connectivity index (χ2n) is 6.15.